The maximum absolute atomic E-state index is 11.5. The fourth-order valence-electron chi connectivity index (χ4n) is 2.34. The summed E-state index contributed by atoms with van der Waals surface area (Å²) in [6.45, 7) is 0. The van der Waals surface area contributed by atoms with Crippen LogP contribution in [0.1, 0.15) is 21.6 Å². The van der Waals surface area contributed by atoms with Gasteiger partial charge in [0.1, 0.15) is 5.69 Å². The molecule has 0 saturated carbocycles. The monoisotopic (exact) mass is 265 g/mol. The number of nitrogens with one attached hydrogen (secondary N) is 1. The molecule has 0 amide bonds. The van der Waals surface area contributed by atoms with Crippen LogP contribution in [0.3, 0.4) is 0 Å². The van der Waals surface area contributed by atoms with Gasteiger partial charge in [0.25, 0.3) is 0 Å². The van der Waals surface area contributed by atoms with Crippen molar-refractivity contribution in [3.63, 3.8) is 0 Å². The number of carbonyl (C=O) groups is 1. The van der Waals surface area contributed by atoms with Gasteiger partial charge in [-0.3, -0.25) is 0 Å². The number of hydrogen-bond acceptors (Lipinski definition) is 2. The Morgan fingerprint density at radius 3 is 2.60 bits per heavy atom. The lowest BCUT2D eigenvalue weighted by Gasteiger charge is -2.02. The van der Waals surface area contributed by atoms with E-state index in [1.165, 1.54) is 18.2 Å². The minimum Gasteiger partial charge on any atom is -0.464 e. The van der Waals surface area contributed by atoms with Gasteiger partial charge in [0, 0.05) is 10.9 Å². The van der Waals surface area contributed by atoms with Crippen LogP contribution >= 0.6 is 0 Å². The molecule has 0 radical (unpaired) electrons. The Morgan fingerprint density at radius 2 is 1.85 bits per heavy atom. The highest BCUT2D eigenvalue weighted by Crippen LogP contribution is 2.19. The van der Waals surface area contributed by atoms with E-state index in [4.69, 9.17) is 4.74 Å². The smallest absolute Gasteiger partial charge is 0.354 e. The molecular weight excluding hydrogens is 250 g/mol. The molecule has 0 bridgehead atoms. The molecule has 0 unspecified atom stereocenters. The zero-order chi connectivity index (χ0) is 13.9. The molecule has 0 aliphatic rings. The maximum Gasteiger partial charge on any atom is 0.354 e. The molecule has 0 aliphatic carbocycles. The van der Waals surface area contributed by atoms with E-state index in [1.807, 2.05) is 30.3 Å². The van der Waals surface area contributed by atoms with Gasteiger partial charge in [0.15, 0.2) is 0 Å². The van der Waals surface area contributed by atoms with E-state index < -0.39 is 0 Å². The topological polar surface area (TPSA) is 42.1 Å². The van der Waals surface area contributed by atoms with Gasteiger partial charge < -0.3 is 9.72 Å². The minimum atomic E-state index is -0.342. The van der Waals surface area contributed by atoms with E-state index in [0.717, 1.165) is 17.3 Å². The molecule has 3 heteroatoms. The molecule has 3 rings (SSSR count). The number of ether oxygens (including phenoxy) is 1. The lowest BCUT2D eigenvalue weighted by atomic mass is 10.0. The molecule has 0 fully saturated rings. The summed E-state index contributed by atoms with van der Waals surface area (Å²) < 4.78 is 4.72. The number of esters is 1. The van der Waals surface area contributed by atoms with Gasteiger partial charge in [-0.2, -0.15) is 0 Å². The predicted molar refractivity (Wildman–Crippen MR) is 78.9 cm³/mol. The average molecular weight is 265 g/mol. The number of benzene rings is 2. The molecule has 1 aromatic heterocycles. The van der Waals surface area contributed by atoms with Gasteiger partial charge in [-0.05, 0) is 29.7 Å². The number of aromatic amines is 1. The third-order valence-corrected chi connectivity index (χ3v) is 3.34. The molecule has 2 aromatic carbocycles. The van der Waals surface area contributed by atoms with Crippen LogP contribution in [0, 0.1) is 0 Å². The second-order valence-electron chi connectivity index (χ2n) is 4.76. The largest absolute Gasteiger partial charge is 0.464 e. The van der Waals surface area contributed by atoms with Crippen LogP contribution < -0.4 is 0 Å². The molecule has 1 heterocycles. The van der Waals surface area contributed by atoms with Crippen molar-refractivity contribution in [3.05, 3.63) is 71.4 Å². The highest BCUT2D eigenvalue weighted by Gasteiger charge is 2.09. The van der Waals surface area contributed by atoms with Gasteiger partial charge in [-0.25, -0.2) is 4.79 Å². The van der Waals surface area contributed by atoms with Crippen LogP contribution in [0.15, 0.2) is 54.6 Å². The van der Waals surface area contributed by atoms with Gasteiger partial charge in [-0.15, -0.1) is 0 Å². The van der Waals surface area contributed by atoms with E-state index in [0.29, 0.717) is 5.69 Å². The van der Waals surface area contributed by atoms with Crippen molar-refractivity contribution < 1.29 is 9.53 Å². The molecular formula is C17H15NO2. The SMILES string of the molecule is COC(=O)c1cc2ccc(Cc3ccccc3)cc2[nH]1. The quantitative estimate of drug-likeness (QED) is 0.736. The highest BCUT2D eigenvalue weighted by molar-refractivity contribution is 5.94. The standard InChI is InChI=1S/C17H15NO2/c1-20-17(19)16-11-14-8-7-13(10-15(14)18-16)9-12-5-3-2-4-6-12/h2-8,10-11,18H,9H2,1H3. The fraction of sp³-hybridized carbons (Fsp3) is 0.118. The maximum atomic E-state index is 11.5. The Kier molecular flexibility index (Phi) is 3.25. The number of H-pyrrole nitrogens is 1. The van der Waals surface area contributed by atoms with E-state index in [1.54, 1.807) is 0 Å². The second kappa shape index (κ2) is 5.21. The third-order valence-electron chi connectivity index (χ3n) is 3.34. The van der Waals surface area contributed by atoms with Crippen molar-refractivity contribution in [1.29, 1.82) is 0 Å². The molecule has 0 spiro atoms. The summed E-state index contributed by atoms with van der Waals surface area (Å²) in [6, 6.07) is 18.3. The molecule has 3 nitrogen and oxygen atoms in total. The number of fused-ring (bicyclic) bond motifs is 1. The van der Waals surface area contributed by atoms with Crippen LogP contribution in [0.2, 0.25) is 0 Å². The fourth-order valence-corrected chi connectivity index (χ4v) is 2.34. The first kappa shape index (κ1) is 12.5. The zero-order valence-corrected chi connectivity index (χ0v) is 11.2. The normalized spacial score (nSPS) is 10.7. The van der Waals surface area contributed by atoms with E-state index in [2.05, 4.69) is 29.2 Å². The lowest BCUT2D eigenvalue weighted by Crippen LogP contribution is -2.00. The molecule has 0 aliphatic heterocycles. The van der Waals surface area contributed by atoms with Crippen molar-refractivity contribution in [2.75, 3.05) is 7.11 Å². The van der Waals surface area contributed by atoms with Crippen molar-refractivity contribution in [2.45, 2.75) is 6.42 Å². The summed E-state index contributed by atoms with van der Waals surface area (Å²) in [6.07, 6.45) is 0.878. The first-order chi connectivity index (χ1) is 9.76. The van der Waals surface area contributed by atoms with Crippen LogP contribution in [-0.2, 0) is 11.2 Å². The van der Waals surface area contributed by atoms with Crippen LogP contribution in [0.5, 0.6) is 0 Å². The van der Waals surface area contributed by atoms with Crippen LogP contribution in [-0.4, -0.2) is 18.1 Å². The Labute approximate surface area is 117 Å². The van der Waals surface area contributed by atoms with Crippen molar-refractivity contribution in [3.8, 4) is 0 Å². The van der Waals surface area contributed by atoms with Crippen molar-refractivity contribution in [1.82, 2.24) is 4.98 Å². The Balaban J connectivity index is 1.92. The van der Waals surface area contributed by atoms with E-state index in [-0.39, 0.29) is 5.97 Å². The number of rotatable bonds is 3. The zero-order valence-electron chi connectivity index (χ0n) is 11.2. The summed E-state index contributed by atoms with van der Waals surface area (Å²) in [5.41, 5.74) is 3.92. The summed E-state index contributed by atoms with van der Waals surface area (Å²) in [4.78, 5) is 14.6. The van der Waals surface area contributed by atoms with Crippen molar-refractivity contribution in [2.24, 2.45) is 0 Å². The summed E-state index contributed by atoms with van der Waals surface area (Å²) in [5.74, 6) is -0.342. The first-order valence-corrected chi connectivity index (χ1v) is 6.50. The second-order valence-corrected chi connectivity index (χ2v) is 4.76. The number of hydrogen-bond donors (Lipinski definition) is 1. The predicted octanol–water partition coefficient (Wildman–Crippen LogP) is 3.55. The summed E-state index contributed by atoms with van der Waals surface area (Å²) in [5, 5.41) is 1.02. The Hall–Kier alpha value is -2.55. The van der Waals surface area contributed by atoms with E-state index in [9.17, 15) is 4.79 Å². The van der Waals surface area contributed by atoms with Crippen molar-refractivity contribution >= 4 is 16.9 Å². The number of carbonyl (C=O) groups excluding carboxylic acids is 1. The van der Waals surface area contributed by atoms with Crippen LogP contribution in [0.4, 0.5) is 0 Å². The molecule has 0 saturated heterocycles. The minimum absolute atomic E-state index is 0.342. The molecule has 100 valence electrons. The number of aromatic nitrogens is 1. The third kappa shape index (κ3) is 2.43. The first-order valence-electron chi connectivity index (χ1n) is 6.50. The Morgan fingerprint density at radius 1 is 1.05 bits per heavy atom. The van der Waals surface area contributed by atoms with E-state index >= 15 is 0 Å². The molecule has 3 aromatic rings. The number of methoxy groups -OCH3 is 1. The summed E-state index contributed by atoms with van der Waals surface area (Å²) in [7, 11) is 1.38. The molecule has 20 heavy (non-hydrogen) atoms. The summed E-state index contributed by atoms with van der Waals surface area (Å²) >= 11 is 0. The lowest BCUT2D eigenvalue weighted by molar-refractivity contribution is 0.0595. The van der Waals surface area contributed by atoms with Gasteiger partial charge in [0.05, 0.1) is 7.11 Å². The van der Waals surface area contributed by atoms with Gasteiger partial charge >= 0.3 is 5.97 Å². The molecule has 0 atom stereocenters. The van der Waals surface area contributed by atoms with Crippen LogP contribution in [0.25, 0.3) is 10.9 Å². The van der Waals surface area contributed by atoms with Gasteiger partial charge in [0.2, 0.25) is 0 Å². The average Bonchev–Trinajstić information content (AvgIpc) is 2.90. The Bertz CT molecular complexity index is 744. The van der Waals surface area contributed by atoms with Gasteiger partial charge in [-0.1, -0.05) is 42.5 Å². The highest BCUT2D eigenvalue weighted by atomic mass is 16.5. The molecule has 1 N–H and O–H groups in total.